The first-order chi connectivity index (χ1) is 8.00. The lowest BCUT2D eigenvalue weighted by atomic mass is 9.77. The Morgan fingerprint density at radius 1 is 1.24 bits per heavy atom. The Bertz CT molecular complexity index is 390. The van der Waals surface area contributed by atoms with Crippen LogP contribution in [0.4, 0.5) is 0 Å². The zero-order valence-corrected chi connectivity index (χ0v) is 10.5. The fraction of sp³-hybridized carbons (Fsp3) is 0.571. The van der Waals surface area contributed by atoms with Crippen molar-refractivity contribution in [3.05, 3.63) is 28.8 Å². The molecule has 3 heteroatoms. The summed E-state index contributed by atoms with van der Waals surface area (Å²) >= 11 is 0. The molecule has 1 saturated carbocycles. The zero-order valence-electron chi connectivity index (χ0n) is 10.5. The molecule has 1 aliphatic rings. The molecule has 94 valence electrons. The maximum absolute atomic E-state index is 10.2. The van der Waals surface area contributed by atoms with Crippen LogP contribution in [-0.2, 0) is 0 Å². The first-order valence-electron chi connectivity index (χ1n) is 6.24. The molecular formula is C14H21NO2. The molecule has 0 aliphatic heterocycles. The van der Waals surface area contributed by atoms with E-state index in [0.717, 1.165) is 29.5 Å². The molecule has 0 saturated heterocycles. The van der Waals surface area contributed by atoms with Crippen molar-refractivity contribution in [2.75, 3.05) is 0 Å². The Balaban J connectivity index is 2.21. The van der Waals surface area contributed by atoms with Crippen LogP contribution < -0.4 is 5.73 Å². The van der Waals surface area contributed by atoms with Gasteiger partial charge in [0.25, 0.3) is 0 Å². The van der Waals surface area contributed by atoms with Gasteiger partial charge in [0.05, 0.1) is 12.1 Å². The van der Waals surface area contributed by atoms with Crippen LogP contribution >= 0.6 is 0 Å². The predicted octanol–water partition coefficient (Wildman–Crippen LogP) is 2.17. The lowest BCUT2D eigenvalue weighted by Gasteiger charge is -2.34. The van der Waals surface area contributed by atoms with Gasteiger partial charge in [-0.2, -0.15) is 0 Å². The molecule has 2 atom stereocenters. The molecule has 0 unspecified atom stereocenters. The van der Waals surface area contributed by atoms with Gasteiger partial charge in [-0.1, -0.05) is 18.6 Å². The Hall–Kier alpha value is -1.06. The summed E-state index contributed by atoms with van der Waals surface area (Å²) in [6, 6.07) is 3.39. The van der Waals surface area contributed by atoms with Crippen LogP contribution in [0.25, 0.3) is 0 Å². The van der Waals surface area contributed by atoms with Crippen LogP contribution in [0.1, 0.15) is 42.0 Å². The number of phenolic OH excluding ortho intramolecular Hbond substituents is 1. The molecular weight excluding hydrogens is 214 g/mol. The first-order valence-corrected chi connectivity index (χ1v) is 6.24. The van der Waals surface area contributed by atoms with Gasteiger partial charge in [0, 0.05) is 0 Å². The highest BCUT2D eigenvalue weighted by Crippen LogP contribution is 2.35. The molecule has 4 N–H and O–H groups in total. The third-order valence-corrected chi connectivity index (χ3v) is 3.90. The second-order valence-corrected chi connectivity index (χ2v) is 5.21. The van der Waals surface area contributed by atoms with Crippen LogP contribution in [0, 0.1) is 19.8 Å². The van der Waals surface area contributed by atoms with E-state index in [9.17, 15) is 10.2 Å². The summed E-state index contributed by atoms with van der Waals surface area (Å²) in [7, 11) is 0. The Labute approximate surface area is 102 Å². The minimum atomic E-state index is -0.466. The monoisotopic (exact) mass is 235 g/mol. The van der Waals surface area contributed by atoms with Gasteiger partial charge >= 0.3 is 0 Å². The average molecular weight is 235 g/mol. The maximum Gasteiger partial charge on any atom is 0.121 e. The molecule has 0 radical (unpaired) electrons. The van der Waals surface area contributed by atoms with E-state index >= 15 is 0 Å². The minimum Gasteiger partial charge on any atom is -0.507 e. The van der Waals surface area contributed by atoms with E-state index in [1.54, 1.807) is 0 Å². The number of aliphatic hydroxyl groups is 1. The molecule has 17 heavy (non-hydrogen) atoms. The molecule has 1 fully saturated rings. The Morgan fingerprint density at radius 2 is 1.76 bits per heavy atom. The van der Waals surface area contributed by atoms with Crippen molar-refractivity contribution in [3.63, 3.8) is 0 Å². The van der Waals surface area contributed by atoms with Gasteiger partial charge in [0.2, 0.25) is 0 Å². The molecule has 0 amide bonds. The SMILES string of the molecule is Cc1cc([C@@H](N)[C@@H](O)C2CCC2)cc(C)c1O. The van der Waals surface area contributed by atoms with Gasteiger partial charge in [-0.05, 0) is 49.3 Å². The van der Waals surface area contributed by atoms with Crippen LogP contribution in [0.3, 0.4) is 0 Å². The summed E-state index contributed by atoms with van der Waals surface area (Å²) in [5, 5.41) is 19.9. The molecule has 0 aromatic heterocycles. The molecule has 1 aromatic rings. The van der Waals surface area contributed by atoms with Gasteiger partial charge in [0.15, 0.2) is 0 Å². The number of nitrogens with two attached hydrogens (primary N) is 1. The number of phenols is 1. The van der Waals surface area contributed by atoms with Crippen LogP contribution in [0.2, 0.25) is 0 Å². The van der Waals surface area contributed by atoms with Gasteiger partial charge in [-0.15, -0.1) is 0 Å². The van der Waals surface area contributed by atoms with Crippen LogP contribution in [-0.4, -0.2) is 16.3 Å². The quantitative estimate of drug-likeness (QED) is 0.752. The van der Waals surface area contributed by atoms with Crippen molar-refractivity contribution in [1.29, 1.82) is 0 Å². The number of aryl methyl sites for hydroxylation is 2. The molecule has 0 spiro atoms. The standard InChI is InChI=1S/C14H21NO2/c1-8-6-11(7-9(2)13(8)16)12(15)14(17)10-4-3-5-10/h6-7,10,12,14,16-17H,3-5,15H2,1-2H3/t12-,14+/m1/s1. The highest BCUT2D eigenvalue weighted by molar-refractivity contribution is 5.43. The average Bonchev–Trinajstić information content (AvgIpc) is 2.21. The predicted molar refractivity (Wildman–Crippen MR) is 67.9 cm³/mol. The Morgan fingerprint density at radius 3 is 2.18 bits per heavy atom. The summed E-state index contributed by atoms with van der Waals surface area (Å²) in [6.07, 6.45) is 2.88. The number of aliphatic hydroxyl groups excluding tert-OH is 1. The van der Waals surface area contributed by atoms with Gasteiger partial charge in [-0.3, -0.25) is 0 Å². The Kier molecular flexibility index (Phi) is 3.40. The lowest BCUT2D eigenvalue weighted by molar-refractivity contribution is 0.0413. The van der Waals surface area contributed by atoms with Crippen molar-refractivity contribution in [3.8, 4) is 5.75 Å². The molecule has 3 nitrogen and oxygen atoms in total. The fourth-order valence-electron chi connectivity index (χ4n) is 2.45. The summed E-state index contributed by atoms with van der Waals surface area (Å²) in [4.78, 5) is 0. The highest BCUT2D eigenvalue weighted by atomic mass is 16.3. The second kappa shape index (κ2) is 4.67. The number of benzene rings is 1. The summed E-state index contributed by atoms with van der Waals surface area (Å²) < 4.78 is 0. The topological polar surface area (TPSA) is 66.5 Å². The summed E-state index contributed by atoms with van der Waals surface area (Å²) in [5.74, 6) is 0.665. The molecule has 0 heterocycles. The molecule has 0 bridgehead atoms. The molecule has 2 rings (SSSR count). The largest absolute Gasteiger partial charge is 0.507 e. The number of aromatic hydroxyl groups is 1. The smallest absolute Gasteiger partial charge is 0.121 e. The van der Waals surface area contributed by atoms with E-state index in [0.29, 0.717) is 11.7 Å². The van der Waals surface area contributed by atoms with Crippen molar-refractivity contribution < 1.29 is 10.2 Å². The second-order valence-electron chi connectivity index (χ2n) is 5.21. The number of hydrogen-bond acceptors (Lipinski definition) is 3. The third kappa shape index (κ3) is 2.31. The van der Waals surface area contributed by atoms with E-state index in [2.05, 4.69) is 0 Å². The van der Waals surface area contributed by atoms with Crippen LogP contribution in [0.5, 0.6) is 5.75 Å². The normalized spacial score (nSPS) is 19.8. The van der Waals surface area contributed by atoms with Crippen molar-refractivity contribution in [2.24, 2.45) is 11.7 Å². The van der Waals surface area contributed by atoms with Crippen molar-refractivity contribution >= 4 is 0 Å². The third-order valence-electron chi connectivity index (χ3n) is 3.90. The number of hydrogen-bond donors (Lipinski definition) is 3. The fourth-order valence-corrected chi connectivity index (χ4v) is 2.45. The van der Waals surface area contributed by atoms with E-state index in [1.165, 1.54) is 6.42 Å². The molecule has 1 aliphatic carbocycles. The summed E-state index contributed by atoms with van der Waals surface area (Å²) in [5.41, 5.74) is 8.65. The van der Waals surface area contributed by atoms with E-state index < -0.39 is 6.10 Å². The van der Waals surface area contributed by atoms with Crippen LogP contribution in [0.15, 0.2) is 12.1 Å². The molecule has 1 aromatic carbocycles. The number of rotatable bonds is 3. The lowest BCUT2D eigenvalue weighted by Crippen LogP contribution is -2.36. The van der Waals surface area contributed by atoms with Gasteiger partial charge < -0.3 is 15.9 Å². The first kappa shape index (κ1) is 12.4. The van der Waals surface area contributed by atoms with Gasteiger partial charge in [0.1, 0.15) is 5.75 Å². The zero-order chi connectivity index (χ0) is 12.6. The van der Waals surface area contributed by atoms with Crippen molar-refractivity contribution in [2.45, 2.75) is 45.3 Å². The van der Waals surface area contributed by atoms with E-state index in [4.69, 9.17) is 5.73 Å². The minimum absolute atomic E-state index is 0.319. The van der Waals surface area contributed by atoms with E-state index in [-0.39, 0.29) is 6.04 Å². The van der Waals surface area contributed by atoms with E-state index in [1.807, 2.05) is 26.0 Å². The summed E-state index contributed by atoms with van der Waals surface area (Å²) in [6.45, 7) is 3.71. The maximum atomic E-state index is 10.2. The van der Waals surface area contributed by atoms with Crippen molar-refractivity contribution in [1.82, 2.24) is 0 Å². The highest BCUT2D eigenvalue weighted by Gasteiger charge is 2.30. The van der Waals surface area contributed by atoms with Gasteiger partial charge in [-0.25, -0.2) is 0 Å².